The van der Waals surface area contributed by atoms with Crippen LogP contribution in [0.4, 0.5) is 0 Å². The normalized spacial score (nSPS) is 49.2. The van der Waals surface area contributed by atoms with Crippen molar-refractivity contribution in [2.24, 2.45) is 11.8 Å². The van der Waals surface area contributed by atoms with Gasteiger partial charge in [0.15, 0.2) is 0 Å². The van der Waals surface area contributed by atoms with E-state index in [-0.39, 0.29) is 18.3 Å². The first-order chi connectivity index (χ1) is 5.57. The number of rotatable bonds is 1. The summed E-state index contributed by atoms with van der Waals surface area (Å²) in [6, 6.07) is 0. The molecule has 1 N–H and O–H groups in total. The summed E-state index contributed by atoms with van der Waals surface area (Å²) in [6.45, 7) is 8.40. The zero-order chi connectivity index (χ0) is 9.30. The Morgan fingerprint density at radius 2 is 1.75 bits per heavy atom. The summed E-state index contributed by atoms with van der Waals surface area (Å²) in [6.07, 6.45) is 0.962. The molecule has 2 heteroatoms. The molecule has 1 rings (SSSR count). The second-order valence-corrected chi connectivity index (χ2v) is 4.00. The molecule has 0 aromatic heterocycles. The molecule has 0 saturated carbocycles. The summed E-state index contributed by atoms with van der Waals surface area (Å²) >= 11 is 0. The number of hydrogen-bond donors (Lipinski definition) is 1. The van der Waals surface area contributed by atoms with Crippen LogP contribution in [-0.2, 0) is 4.74 Å². The van der Waals surface area contributed by atoms with Gasteiger partial charge < -0.3 is 9.84 Å². The van der Waals surface area contributed by atoms with Crippen molar-refractivity contribution in [2.45, 2.75) is 52.4 Å². The molecule has 0 bridgehead atoms. The highest BCUT2D eigenvalue weighted by Gasteiger charge is 2.37. The predicted octanol–water partition coefficient (Wildman–Crippen LogP) is 1.82. The third-order valence-corrected chi connectivity index (χ3v) is 3.28. The number of aliphatic hydroxyl groups excluding tert-OH is 1. The van der Waals surface area contributed by atoms with E-state index in [1.807, 2.05) is 0 Å². The second kappa shape index (κ2) is 3.75. The average molecular weight is 172 g/mol. The maximum absolute atomic E-state index is 9.80. The number of hydrogen-bond acceptors (Lipinski definition) is 2. The van der Waals surface area contributed by atoms with Gasteiger partial charge in [0.1, 0.15) is 0 Å². The van der Waals surface area contributed by atoms with Gasteiger partial charge in [0.05, 0.1) is 18.3 Å². The first kappa shape index (κ1) is 10.0. The maximum atomic E-state index is 9.80. The summed E-state index contributed by atoms with van der Waals surface area (Å²) in [4.78, 5) is 0. The standard InChI is InChI=1S/C10H20O2/c1-5-9-10(11)7(3)6(2)8(4)12-9/h6-11H,5H2,1-4H3/t6?,7?,8-,9-,10+/m1/s1. The molecule has 0 amide bonds. The summed E-state index contributed by atoms with van der Waals surface area (Å²) in [5.74, 6) is 0.821. The van der Waals surface area contributed by atoms with Crippen molar-refractivity contribution >= 4 is 0 Å². The van der Waals surface area contributed by atoms with Gasteiger partial charge >= 0.3 is 0 Å². The zero-order valence-electron chi connectivity index (χ0n) is 8.45. The molecule has 2 nitrogen and oxygen atoms in total. The molecule has 1 aliphatic heterocycles. The topological polar surface area (TPSA) is 29.5 Å². The van der Waals surface area contributed by atoms with Crippen molar-refractivity contribution in [2.75, 3.05) is 0 Å². The van der Waals surface area contributed by atoms with Crippen molar-refractivity contribution in [3.05, 3.63) is 0 Å². The largest absolute Gasteiger partial charge is 0.390 e. The molecular formula is C10H20O2. The fourth-order valence-electron chi connectivity index (χ4n) is 1.89. The molecule has 5 atom stereocenters. The van der Waals surface area contributed by atoms with Gasteiger partial charge in [0.2, 0.25) is 0 Å². The lowest BCUT2D eigenvalue weighted by Gasteiger charge is -2.41. The van der Waals surface area contributed by atoms with Gasteiger partial charge in [-0.15, -0.1) is 0 Å². The highest BCUT2D eigenvalue weighted by molar-refractivity contribution is 4.85. The van der Waals surface area contributed by atoms with Crippen LogP contribution >= 0.6 is 0 Å². The Kier molecular flexibility index (Phi) is 3.13. The summed E-state index contributed by atoms with van der Waals surface area (Å²) < 4.78 is 5.68. The van der Waals surface area contributed by atoms with Crippen molar-refractivity contribution in [3.8, 4) is 0 Å². The second-order valence-electron chi connectivity index (χ2n) is 4.00. The van der Waals surface area contributed by atoms with Crippen LogP contribution in [0.2, 0.25) is 0 Å². The maximum Gasteiger partial charge on any atom is 0.0837 e. The molecule has 1 aliphatic rings. The Morgan fingerprint density at radius 1 is 1.17 bits per heavy atom. The van der Waals surface area contributed by atoms with E-state index in [1.165, 1.54) is 0 Å². The quantitative estimate of drug-likeness (QED) is 0.653. The van der Waals surface area contributed by atoms with Crippen LogP contribution in [-0.4, -0.2) is 23.4 Å². The fraction of sp³-hybridized carbons (Fsp3) is 1.00. The van der Waals surface area contributed by atoms with Gasteiger partial charge in [0, 0.05) is 0 Å². The number of aliphatic hydroxyl groups is 1. The van der Waals surface area contributed by atoms with Gasteiger partial charge in [-0.3, -0.25) is 0 Å². The van der Waals surface area contributed by atoms with Crippen LogP contribution in [0.25, 0.3) is 0 Å². The molecule has 0 radical (unpaired) electrons. The Labute approximate surface area is 74.9 Å². The Morgan fingerprint density at radius 3 is 2.25 bits per heavy atom. The molecule has 0 aromatic rings. The first-order valence-electron chi connectivity index (χ1n) is 4.91. The first-order valence-corrected chi connectivity index (χ1v) is 4.91. The Balaban J connectivity index is 2.63. The Bertz CT molecular complexity index is 142. The van der Waals surface area contributed by atoms with Gasteiger partial charge in [-0.2, -0.15) is 0 Å². The molecule has 0 spiro atoms. The van der Waals surface area contributed by atoms with Crippen molar-refractivity contribution in [3.63, 3.8) is 0 Å². The average Bonchev–Trinajstić information content (AvgIpc) is 2.08. The van der Waals surface area contributed by atoms with Crippen molar-refractivity contribution in [1.82, 2.24) is 0 Å². The monoisotopic (exact) mass is 172 g/mol. The van der Waals surface area contributed by atoms with E-state index in [0.717, 1.165) is 6.42 Å². The minimum absolute atomic E-state index is 0.0474. The molecule has 1 heterocycles. The lowest BCUT2D eigenvalue weighted by atomic mass is 9.81. The smallest absolute Gasteiger partial charge is 0.0837 e. The fourth-order valence-corrected chi connectivity index (χ4v) is 1.89. The number of ether oxygens (including phenoxy) is 1. The molecule has 0 aromatic carbocycles. The molecule has 2 unspecified atom stereocenters. The van der Waals surface area contributed by atoms with Crippen LogP contribution < -0.4 is 0 Å². The molecule has 0 aliphatic carbocycles. The third kappa shape index (κ3) is 1.64. The molecular weight excluding hydrogens is 152 g/mol. The van der Waals surface area contributed by atoms with E-state index in [0.29, 0.717) is 11.8 Å². The molecule has 1 fully saturated rings. The van der Waals surface area contributed by atoms with E-state index in [4.69, 9.17) is 4.74 Å². The summed E-state index contributed by atoms with van der Waals surface area (Å²) in [5, 5.41) is 9.80. The molecule has 72 valence electrons. The SMILES string of the molecule is CC[C@H]1O[C@H](C)C(C)C(C)[C@@H]1O. The minimum atomic E-state index is -0.277. The van der Waals surface area contributed by atoms with E-state index in [9.17, 15) is 5.11 Å². The highest BCUT2D eigenvalue weighted by atomic mass is 16.5. The predicted molar refractivity (Wildman–Crippen MR) is 49.0 cm³/mol. The van der Waals surface area contributed by atoms with Crippen LogP contribution in [0.5, 0.6) is 0 Å². The zero-order valence-corrected chi connectivity index (χ0v) is 8.45. The summed E-state index contributed by atoms with van der Waals surface area (Å²) in [5.41, 5.74) is 0. The molecule has 1 saturated heterocycles. The third-order valence-electron chi connectivity index (χ3n) is 3.28. The minimum Gasteiger partial charge on any atom is -0.390 e. The van der Waals surface area contributed by atoms with E-state index < -0.39 is 0 Å². The van der Waals surface area contributed by atoms with Crippen LogP contribution in [0.3, 0.4) is 0 Å². The highest BCUT2D eigenvalue weighted by Crippen LogP contribution is 2.31. The van der Waals surface area contributed by atoms with Gasteiger partial charge in [0.25, 0.3) is 0 Å². The van der Waals surface area contributed by atoms with Gasteiger partial charge in [-0.05, 0) is 25.2 Å². The summed E-state index contributed by atoms with van der Waals surface area (Å²) in [7, 11) is 0. The van der Waals surface area contributed by atoms with E-state index >= 15 is 0 Å². The Hall–Kier alpha value is -0.0800. The van der Waals surface area contributed by atoms with Crippen LogP contribution in [0.15, 0.2) is 0 Å². The van der Waals surface area contributed by atoms with Gasteiger partial charge in [-0.1, -0.05) is 20.8 Å². The lowest BCUT2D eigenvalue weighted by Crippen LogP contribution is -2.47. The van der Waals surface area contributed by atoms with Crippen molar-refractivity contribution in [1.29, 1.82) is 0 Å². The molecule has 12 heavy (non-hydrogen) atoms. The van der Waals surface area contributed by atoms with E-state index in [1.54, 1.807) is 0 Å². The van der Waals surface area contributed by atoms with Crippen molar-refractivity contribution < 1.29 is 9.84 Å². The van der Waals surface area contributed by atoms with Crippen LogP contribution in [0.1, 0.15) is 34.1 Å². The van der Waals surface area contributed by atoms with E-state index in [2.05, 4.69) is 27.7 Å². The lowest BCUT2D eigenvalue weighted by molar-refractivity contribution is -0.162. The van der Waals surface area contributed by atoms with Crippen LogP contribution in [0, 0.1) is 11.8 Å². The van der Waals surface area contributed by atoms with Gasteiger partial charge in [-0.25, -0.2) is 0 Å².